The monoisotopic (exact) mass is 348 g/mol. The summed E-state index contributed by atoms with van der Waals surface area (Å²) in [6.45, 7) is 3.81. The summed E-state index contributed by atoms with van der Waals surface area (Å²) in [4.78, 5) is 28.7. The lowest BCUT2D eigenvalue weighted by atomic mass is 10.1. The SMILES string of the molecule is Cc1ccc2nc(C)c(C(=O)OCC(=O)NCc3ccccc3)cc2c1. The van der Waals surface area contributed by atoms with Crippen LogP contribution in [-0.2, 0) is 16.1 Å². The van der Waals surface area contributed by atoms with Gasteiger partial charge < -0.3 is 10.1 Å². The molecule has 0 aliphatic heterocycles. The van der Waals surface area contributed by atoms with Crippen LogP contribution in [0.25, 0.3) is 10.9 Å². The van der Waals surface area contributed by atoms with Gasteiger partial charge in [-0.05, 0) is 37.6 Å². The van der Waals surface area contributed by atoms with Crippen molar-refractivity contribution >= 4 is 22.8 Å². The molecule has 5 heteroatoms. The van der Waals surface area contributed by atoms with Crippen LogP contribution in [0.3, 0.4) is 0 Å². The fraction of sp³-hybridized carbons (Fsp3) is 0.190. The predicted molar refractivity (Wildman–Crippen MR) is 99.8 cm³/mol. The number of nitrogens with zero attached hydrogens (tertiary/aromatic N) is 1. The number of rotatable bonds is 5. The number of ether oxygens (including phenoxy) is 1. The van der Waals surface area contributed by atoms with Crippen LogP contribution in [0, 0.1) is 13.8 Å². The molecule has 0 aliphatic carbocycles. The number of hydrogen-bond donors (Lipinski definition) is 1. The number of aryl methyl sites for hydroxylation is 2. The second kappa shape index (κ2) is 7.78. The number of pyridine rings is 1. The van der Waals surface area contributed by atoms with Gasteiger partial charge in [0.2, 0.25) is 0 Å². The number of carbonyl (C=O) groups is 2. The van der Waals surface area contributed by atoms with Crippen LogP contribution in [0.4, 0.5) is 0 Å². The maximum Gasteiger partial charge on any atom is 0.340 e. The summed E-state index contributed by atoms with van der Waals surface area (Å²) < 4.78 is 5.15. The van der Waals surface area contributed by atoms with Crippen molar-refractivity contribution in [2.24, 2.45) is 0 Å². The maximum atomic E-state index is 12.3. The van der Waals surface area contributed by atoms with Crippen LogP contribution in [-0.4, -0.2) is 23.5 Å². The van der Waals surface area contributed by atoms with E-state index in [-0.39, 0.29) is 12.5 Å². The summed E-state index contributed by atoms with van der Waals surface area (Å²) in [7, 11) is 0. The first-order chi connectivity index (χ1) is 12.5. The minimum Gasteiger partial charge on any atom is -0.452 e. The fourth-order valence-corrected chi connectivity index (χ4v) is 2.66. The van der Waals surface area contributed by atoms with E-state index in [4.69, 9.17) is 4.74 Å². The molecule has 26 heavy (non-hydrogen) atoms. The van der Waals surface area contributed by atoms with Gasteiger partial charge in [-0.1, -0.05) is 42.0 Å². The average molecular weight is 348 g/mol. The zero-order valence-electron chi connectivity index (χ0n) is 14.8. The molecule has 0 fully saturated rings. The molecule has 1 amide bonds. The van der Waals surface area contributed by atoms with Gasteiger partial charge in [-0.25, -0.2) is 4.79 Å². The first-order valence-electron chi connectivity index (χ1n) is 8.38. The lowest BCUT2D eigenvalue weighted by Gasteiger charge is -2.09. The molecule has 1 aromatic heterocycles. The zero-order valence-corrected chi connectivity index (χ0v) is 14.8. The van der Waals surface area contributed by atoms with Crippen molar-refractivity contribution in [3.05, 3.63) is 77.0 Å². The highest BCUT2D eigenvalue weighted by molar-refractivity contribution is 5.96. The van der Waals surface area contributed by atoms with E-state index in [9.17, 15) is 9.59 Å². The molecule has 132 valence electrons. The number of hydrogen-bond acceptors (Lipinski definition) is 4. The number of benzene rings is 2. The third-order valence-corrected chi connectivity index (χ3v) is 4.05. The van der Waals surface area contributed by atoms with E-state index in [2.05, 4.69) is 10.3 Å². The van der Waals surface area contributed by atoms with Gasteiger partial charge in [0, 0.05) is 11.9 Å². The molecule has 2 aromatic carbocycles. The summed E-state index contributed by atoms with van der Waals surface area (Å²) >= 11 is 0. The van der Waals surface area contributed by atoms with Crippen molar-refractivity contribution in [3.63, 3.8) is 0 Å². The Hall–Kier alpha value is -3.21. The van der Waals surface area contributed by atoms with Gasteiger partial charge in [0.15, 0.2) is 6.61 Å². The minimum atomic E-state index is -0.548. The minimum absolute atomic E-state index is 0.322. The molecule has 3 rings (SSSR count). The van der Waals surface area contributed by atoms with Crippen molar-refractivity contribution in [1.82, 2.24) is 10.3 Å². The van der Waals surface area contributed by atoms with Crippen LogP contribution >= 0.6 is 0 Å². The van der Waals surface area contributed by atoms with Gasteiger partial charge >= 0.3 is 5.97 Å². The van der Waals surface area contributed by atoms with Crippen LogP contribution < -0.4 is 5.32 Å². The Labute approximate surface area is 152 Å². The predicted octanol–water partition coefficient (Wildman–Crippen LogP) is 3.32. The van der Waals surface area contributed by atoms with Crippen LogP contribution in [0.1, 0.15) is 27.2 Å². The Morgan fingerprint density at radius 2 is 1.81 bits per heavy atom. The Balaban J connectivity index is 1.61. The molecule has 3 aromatic rings. The topological polar surface area (TPSA) is 68.3 Å². The lowest BCUT2D eigenvalue weighted by Crippen LogP contribution is -2.28. The summed E-state index contributed by atoms with van der Waals surface area (Å²) in [5, 5.41) is 3.60. The highest BCUT2D eigenvalue weighted by Gasteiger charge is 2.15. The number of esters is 1. The molecular formula is C21H20N2O3. The van der Waals surface area contributed by atoms with Crippen molar-refractivity contribution in [2.75, 3.05) is 6.61 Å². The Bertz CT molecular complexity index is 952. The van der Waals surface area contributed by atoms with E-state index in [0.717, 1.165) is 22.0 Å². The molecule has 5 nitrogen and oxygen atoms in total. The Morgan fingerprint density at radius 1 is 1.04 bits per heavy atom. The van der Waals surface area contributed by atoms with Gasteiger partial charge in [-0.2, -0.15) is 0 Å². The smallest absolute Gasteiger partial charge is 0.340 e. The molecule has 0 bridgehead atoms. The number of fused-ring (bicyclic) bond motifs is 1. The normalized spacial score (nSPS) is 10.5. The van der Waals surface area contributed by atoms with Crippen molar-refractivity contribution in [1.29, 1.82) is 0 Å². The summed E-state index contributed by atoms with van der Waals surface area (Å²) in [5.74, 6) is -0.891. The largest absolute Gasteiger partial charge is 0.452 e. The summed E-state index contributed by atoms with van der Waals surface area (Å²) in [5.41, 5.74) is 3.85. The third kappa shape index (κ3) is 4.25. The molecule has 1 heterocycles. The van der Waals surface area contributed by atoms with E-state index in [1.54, 1.807) is 13.0 Å². The van der Waals surface area contributed by atoms with E-state index in [1.807, 2.05) is 55.5 Å². The second-order valence-electron chi connectivity index (χ2n) is 6.16. The van der Waals surface area contributed by atoms with E-state index >= 15 is 0 Å². The summed E-state index contributed by atoms with van der Waals surface area (Å²) in [6, 6.07) is 17.2. The number of amides is 1. The average Bonchev–Trinajstić information content (AvgIpc) is 2.65. The van der Waals surface area contributed by atoms with Crippen molar-refractivity contribution in [3.8, 4) is 0 Å². The fourth-order valence-electron chi connectivity index (χ4n) is 2.66. The van der Waals surface area contributed by atoms with Gasteiger partial charge in [0.1, 0.15) is 0 Å². The van der Waals surface area contributed by atoms with Gasteiger partial charge in [0.05, 0.1) is 16.8 Å². The Morgan fingerprint density at radius 3 is 2.58 bits per heavy atom. The van der Waals surface area contributed by atoms with Crippen LogP contribution in [0.15, 0.2) is 54.6 Å². The molecule has 1 N–H and O–H groups in total. The molecule has 0 unspecified atom stereocenters. The highest BCUT2D eigenvalue weighted by atomic mass is 16.5. The van der Waals surface area contributed by atoms with Gasteiger partial charge in [-0.3, -0.25) is 9.78 Å². The maximum absolute atomic E-state index is 12.3. The second-order valence-corrected chi connectivity index (χ2v) is 6.16. The molecule has 0 radical (unpaired) electrons. The Kier molecular flexibility index (Phi) is 5.27. The molecule has 0 aliphatic rings. The standard InChI is InChI=1S/C21H20N2O3/c1-14-8-9-19-17(10-14)11-18(15(2)23-19)21(25)26-13-20(24)22-12-16-6-4-3-5-7-16/h3-11H,12-13H2,1-2H3,(H,22,24). The zero-order chi connectivity index (χ0) is 18.5. The lowest BCUT2D eigenvalue weighted by molar-refractivity contribution is -0.124. The van der Waals surface area contributed by atoms with E-state index in [1.165, 1.54) is 0 Å². The number of carbonyl (C=O) groups excluding carboxylic acids is 2. The number of nitrogens with one attached hydrogen (secondary N) is 1. The molecule has 0 atom stereocenters. The summed E-state index contributed by atoms with van der Waals surface area (Å²) in [6.07, 6.45) is 0. The van der Waals surface area contributed by atoms with Gasteiger partial charge in [0.25, 0.3) is 5.91 Å². The molecular weight excluding hydrogens is 328 g/mol. The molecule has 0 saturated carbocycles. The molecule has 0 saturated heterocycles. The van der Waals surface area contributed by atoms with Crippen molar-refractivity contribution in [2.45, 2.75) is 20.4 Å². The van der Waals surface area contributed by atoms with Crippen LogP contribution in [0.5, 0.6) is 0 Å². The first-order valence-corrected chi connectivity index (χ1v) is 8.38. The van der Waals surface area contributed by atoms with E-state index in [0.29, 0.717) is 17.8 Å². The first kappa shape index (κ1) is 17.6. The van der Waals surface area contributed by atoms with Crippen LogP contribution in [0.2, 0.25) is 0 Å². The van der Waals surface area contributed by atoms with Gasteiger partial charge in [-0.15, -0.1) is 0 Å². The number of aromatic nitrogens is 1. The van der Waals surface area contributed by atoms with Crippen molar-refractivity contribution < 1.29 is 14.3 Å². The third-order valence-electron chi connectivity index (χ3n) is 4.05. The van der Waals surface area contributed by atoms with E-state index < -0.39 is 5.97 Å². The molecule has 0 spiro atoms. The quantitative estimate of drug-likeness (QED) is 0.718. The highest BCUT2D eigenvalue weighted by Crippen LogP contribution is 2.18.